The maximum atomic E-state index is 11.2. The Hall–Kier alpha value is -1.26. The molecule has 0 aliphatic carbocycles. The van der Waals surface area contributed by atoms with E-state index in [1.54, 1.807) is 6.07 Å². The van der Waals surface area contributed by atoms with Gasteiger partial charge in [0, 0.05) is 15.1 Å². The van der Waals surface area contributed by atoms with E-state index in [4.69, 9.17) is 34.8 Å². The SMILES string of the molecule is O=C(O)C1CCN(C(c2ccccc2Cl)c2ccc(Cl)cc2Cl)CC1. The van der Waals surface area contributed by atoms with Crippen molar-refractivity contribution in [3.63, 3.8) is 0 Å². The number of aliphatic carboxylic acids is 1. The first-order chi connectivity index (χ1) is 12.0. The molecule has 3 rings (SSSR count). The van der Waals surface area contributed by atoms with Gasteiger partial charge in [0.25, 0.3) is 0 Å². The first-order valence-electron chi connectivity index (χ1n) is 8.13. The average molecular weight is 399 g/mol. The largest absolute Gasteiger partial charge is 0.481 e. The van der Waals surface area contributed by atoms with E-state index in [0.717, 1.165) is 11.1 Å². The highest BCUT2D eigenvalue weighted by Crippen LogP contribution is 2.39. The highest BCUT2D eigenvalue weighted by molar-refractivity contribution is 6.35. The van der Waals surface area contributed by atoms with Crippen LogP contribution in [0.3, 0.4) is 0 Å². The molecule has 1 saturated heterocycles. The molecular formula is C19H18Cl3NO2. The minimum Gasteiger partial charge on any atom is -0.481 e. The molecule has 1 aliphatic rings. The van der Waals surface area contributed by atoms with Crippen molar-refractivity contribution >= 4 is 40.8 Å². The fraction of sp³-hybridized carbons (Fsp3) is 0.316. The molecule has 6 heteroatoms. The van der Waals surface area contributed by atoms with E-state index < -0.39 is 5.97 Å². The lowest BCUT2D eigenvalue weighted by atomic mass is 9.91. The maximum absolute atomic E-state index is 11.2. The molecule has 0 amide bonds. The van der Waals surface area contributed by atoms with E-state index in [1.165, 1.54) is 0 Å². The van der Waals surface area contributed by atoms with Crippen LogP contribution in [0.25, 0.3) is 0 Å². The highest BCUT2D eigenvalue weighted by atomic mass is 35.5. The number of benzene rings is 2. The lowest BCUT2D eigenvalue weighted by Gasteiger charge is -2.37. The van der Waals surface area contributed by atoms with Gasteiger partial charge in [-0.25, -0.2) is 0 Å². The van der Waals surface area contributed by atoms with Crippen molar-refractivity contribution in [1.29, 1.82) is 0 Å². The van der Waals surface area contributed by atoms with Gasteiger partial charge in [0.1, 0.15) is 0 Å². The fourth-order valence-electron chi connectivity index (χ4n) is 3.39. The molecule has 1 unspecified atom stereocenters. The molecule has 0 saturated carbocycles. The Balaban J connectivity index is 1.99. The van der Waals surface area contributed by atoms with Crippen molar-refractivity contribution in [3.8, 4) is 0 Å². The minimum atomic E-state index is -0.724. The van der Waals surface area contributed by atoms with Gasteiger partial charge in [0.2, 0.25) is 0 Å². The summed E-state index contributed by atoms with van der Waals surface area (Å²) in [6.45, 7) is 1.34. The summed E-state index contributed by atoms with van der Waals surface area (Å²) in [4.78, 5) is 13.5. The molecule has 25 heavy (non-hydrogen) atoms. The predicted molar refractivity (Wildman–Crippen MR) is 102 cm³/mol. The van der Waals surface area contributed by atoms with Crippen LogP contribution < -0.4 is 0 Å². The zero-order valence-corrected chi connectivity index (χ0v) is 15.7. The standard InChI is InChI=1S/C19H18Cl3NO2/c20-13-5-6-15(17(22)11-13)18(14-3-1-2-4-16(14)21)23-9-7-12(8-10-23)19(24)25/h1-6,11-12,18H,7-10H2,(H,24,25). The number of rotatable bonds is 4. The Morgan fingerprint density at radius 2 is 1.64 bits per heavy atom. The van der Waals surface area contributed by atoms with Crippen molar-refractivity contribution < 1.29 is 9.90 Å². The van der Waals surface area contributed by atoms with Crippen LogP contribution in [0.5, 0.6) is 0 Å². The van der Waals surface area contributed by atoms with E-state index in [-0.39, 0.29) is 12.0 Å². The van der Waals surface area contributed by atoms with Gasteiger partial charge in [0.05, 0.1) is 12.0 Å². The molecule has 0 bridgehead atoms. The number of likely N-dealkylation sites (tertiary alicyclic amines) is 1. The van der Waals surface area contributed by atoms with Crippen LogP contribution in [0.4, 0.5) is 0 Å². The monoisotopic (exact) mass is 397 g/mol. The van der Waals surface area contributed by atoms with E-state index in [0.29, 0.717) is 41.0 Å². The zero-order chi connectivity index (χ0) is 18.0. The average Bonchev–Trinajstić information content (AvgIpc) is 2.59. The summed E-state index contributed by atoms with van der Waals surface area (Å²) in [5.41, 5.74) is 1.88. The van der Waals surface area contributed by atoms with Crippen LogP contribution >= 0.6 is 34.8 Å². The molecule has 2 aromatic rings. The molecule has 0 aromatic heterocycles. The number of carboxylic acids is 1. The molecular weight excluding hydrogens is 381 g/mol. The van der Waals surface area contributed by atoms with Gasteiger partial charge in [-0.3, -0.25) is 9.69 Å². The summed E-state index contributed by atoms with van der Waals surface area (Å²) >= 11 is 19.0. The molecule has 0 radical (unpaired) electrons. The van der Waals surface area contributed by atoms with Crippen LogP contribution in [0, 0.1) is 5.92 Å². The predicted octanol–water partition coefficient (Wildman–Crippen LogP) is 5.53. The van der Waals surface area contributed by atoms with Crippen molar-refractivity contribution in [2.75, 3.05) is 13.1 Å². The third kappa shape index (κ3) is 4.12. The summed E-state index contributed by atoms with van der Waals surface area (Å²) in [7, 11) is 0. The molecule has 132 valence electrons. The third-order valence-electron chi connectivity index (χ3n) is 4.70. The van der Waals surface area contributed by atoms with Crippen molar-refractivity contribution in [1.82, 2.24) is 4.90 Å². The molecule has 2 aromatic carbocycles. The van der Waals surface area contributed by atoms with Crippen LogP contribution in [0.15, 0.2) is 42.5 Å². The summed E-state index contributed by atoms with van der Waals surface area (Å²) < 4.78 is 0. The Bertz CT molecular complexity index is 773. The second-order valence-corrected chi connectivity index (χ2v) is 7.49. The van der Waals surface area contributed by atoms with Crippen LogP contribution in [-0.2, 0) is 4.79 Å². The number of nitrogens with zero attached hydrogens (tertiary/aromatic N) is 1. The van der Waals surface area contributed by atoms with E-state index >= 15 is 0 Å². The molecule has 1 aliphatic heterocycles. The number of piperidine rings is 1. The topological polar surface area (TPSA) is 40.5 Å². The van der Waals surface area contributed by atoms with Crippen molar-refractivity contribution in [2.45, 2.75) is 18.9 Å². The first kappa shape index (κ1) is 18.5. The Morgan fingerprint density at radius 1 is 1.00 bits per heavy atom. The molecule has 3 nitrogen and oxygen atoms in total. The number of carbonyl (C=O) groups is 1. The summed E-state index contributed by atoms with van der Waals surface area (Å²) in [5, 5.41) is 11.1. The molecule has 1 atom stereocenters. The Labute approximate surface area is 162 Å². The number of hydrogen-bond donors (Lipinski definition) is 1. The van der Waals surface area contributed by atoms with Gasteiger partial charge in [-0.1, -0.05) is 59.1 Å². The smallest absolute Gasteiger partial charge is 0.306 e. The van der Waals surface area contributed by atoms with Gasteiger partial charge in [-0.15, -0.1) is 0 Å². The van der Waals surface area contributed by atoms with Crippen LogP contribution in [0.1, 0.15) is 30.0 Å². The van der Waals surface area contributed by atoms with E-state index in [9.17, 15) is 9.90 Å². The second-order valence-electron chi connectivity index (χ2n) is 6.24. The first-order valence-corrected chi connectivity index (χ1v) is 9.27. The van der Waals surface area contributed by atoms with Crippen LogP contribution in [-0.4, -0.2) is 29.1 Å². The number of carboxylic acid groups (broad SMARTS) is 1. The highest BCUT2D eigenvalue weighted by Gasteiger charge is 2.31. The van der Waals surface area contributed by atoms with Gasteiger partial charge >= 0.3 is 5.97 Å². The van der Waals surface area contributed by atoms with Gasteiger partial charge < -0.3 is 5.11 Å². The Kier molecular flexibility index (Phi) is 5.90. The summed E-state index contributed by atoms with van der Waals surface area (Å²) in [6, 6.07) is 13.0. The second kappa shape index (κ2) is 7.96. The maximum Gasteiger partial charge on any atom is 0.306 e. The molecule has 1 N–H and O–H groups in total. The van der Waals surface area contributed by atoms with Gasteiger partial charge in [-0.05, 0) is 55.3 Å². The zero-order valence-electron chi connectivity index (χ0n) is 13.5. The lowest BCUT2D eigenvalue weighted by Crippen LogP contribution is -2.39. The Morgan fingerprint density at radius 3 is 2.24 bits per heavy atom. The fourth-order valence-corrected chi connectivity index (χ4v) is 4.14. The molecule has 0 spiro atoms. The van der Waals surface area contributed by atoms with E-state index in [2.05, 4.69) is 4.90 Å². The van der Waals surface area contributed by atoms with E-state index in [1.807, 2.05) is 36.4 Å². The number of halogens is 3. The molecule has 1 heterocycles. The summed E-state index contributed by atoms with van der Waals surface area (Å²) in [6.07, 6.45) is 1.23. The number of hydrogen-bond acceptors (Lipinski definition) is 2. The van der Waals surface area contributed by atoms with Gasteiger partial charge in [-0.2, -0.15) is 0 Å². The van der Waals surface area contributed by atoms with Gasteiger partial charge in [0.15, 0.2) is 0 Å². The minimum absolute atomic E-state index is 0.131. The van der Waals surface area contributed by atoms with Crippen LogP contribution in [0.2, 0.25) is 15.1 Å². The molecule has 1 fully saturated rings. The lowest BCUT2D eigenvalue weighted by molar-refractivity contribution is -0.143. The van der Waals surface area contributed by atoms with Crippen molar-refractivity contribution in [2.24, 2.45) is 5.92 Å². The third-order valence-corrected chi connectivity index (χ3v) is 5.61. The quantitative estimate of drug-likeness (QED) is 0.736. The van der Waals surface area contributed by atoms with Crippen molar-refractivity contribution in [3.05, 3.63) is 68.7 Å². The normalized spacial score (nSPS) is 17.4. The summed E-state index contributed by atoms with van der Waals surface area (Å²) in [5.74, 6) is -1.01.